The molecular formula is C27H43N9O9. The molecule has 0 spiro atoms. The summed E-state index contributed by atoms with van der Waals surface area (Å²) in [5.74, 6) is -6.45. The van der Waals surface area contributed by atoms with Crippen molar-refractivity contribution in [2.24, 2.45) is 27.9 Å². The molecule has 0 bridgehead atoms. The quantitative estimate of drug-likeness (QED) is 0.0356. The predicted molar refractivity (Wildman–Crippen MR) is 161 cm³/mol. The highest BCUT2D eigenvalue weighted by Crippen LogP contribution is 2.12. The number of aliphatic carboxylic acids is 2. The number of nitrogens with one attached hydrogen (secondary N) is 4. The second kappa shape index (κ2) is 20.1. The Morgan fingerprint density at radius 3 is 2.00 bits per heavy atom. The summed E-state index contributed by atoms with van der Waals surface area (Å²) in [6.45, 7) is -0.0647. The van der Waals surface area contributed by atoms with Crippen molar-refractivity contribution >= 4 is 41.5 Å². The van der Waals surface area contributed by atoms with Gasteiger partial charge in [-0.3, -0.25) is 29.0 Å². The van der Waals surface area contributed by atoms with E-state index in [-0.39, 0.29) is 37.5 Å². The first-order valence-electron chi connectivity index (χ1n) is 14.1. The van der Waals surface area contributed by atoms with E-state index in [1.807, 2.05) is 0 Å². The number of phenolic OH excluding ortho intramolecular Hbond substituents is 1. The molecule has 0 saturated carbocycles. The van der Waals surface area contributed by atoms with Crippen molar-refractivity contribution in [1.82, 2.24) is 21.3 Å². The maximum absolute atomic E-state index is 13.2. The predicted octanol–water partition coefficient (Wildman–Crippen LogP) is -3.43. The molecule has 0 fully saturated rings. The number of guanidine groups is 1. The van der Waals surface area contributed by atoms with Gasteiger partial charge >= 0.3 is 11.9 Å². The number of benzene rings is 1. The average Bonchev–Trinajstić information content (AvgIpc) is 2.97. The molecule has 18 nitrogen and oxygen atoms in total. The molecule has 1 aromatic carbocycles. The molecule has 4 atom stereocenters. The van der Waals surface area contributed by atoms with Crippen LogP contribution in [-0.4, -0.2) is 101 Å². The number of nitrogens with two attached hydrogens (primary N) is 4. The smallest absolute Gasteiger partial charge is 0.326 e. The van der Waals surface area contributed by atoms with Crippen LogP contribution in [0, 0.1) is 0 Å². The summed E-state index contributed by atoms with van der Waals surface area (Å²) in [6, 6.07) is 0.282. The zero-order valence-corrected chi connectivity index (χ0v) is 24.7. The van der Waals surface area contributed by atoms with Gasteiger partial charge in [0.15, 0.2) is 5.96 Å². The fraction of sp³-hybridized carbons (Fsp3) is 0.519. The van der Waals surface area contributed by atoms with Crippen LogP contribution < -0.4 is 44.2 Å². The first kappa shape index (κ1) is 38.1. The minimum atomic E-state index is -1.67. The van der Waals surface area contributed by atoms with Gasteiger partial charge in [-0.1, -0.05) is 12.1 Å². The summed E-state index contributed by atoms with van der Waals surface area (Å²) in [4.78, 5) is 78.1. The van der Waals surface area contributed by atoms with Gasteiger partial charge in [0.1, 0.15) is 23.9 Å². The van der Waals surface area contributed by atoms with Gasteiger partial charge in [0.25, 0.3) is 0 Å². The van der Waals surface area contributed by atoms with E-state index in [9.17, 15) is 44.1 Å². The maximum Gasteiger partial charge on any atom is 0.326 e. The summed E-state index contributed by atoms with van der Waals surface area (Å²) in [6.07, 6.45) is 0.554. The fourth-order valence-electron chi connectivity index (χ4n) is 3.95. The molecule has 0 aromatic heterocycles. The van der Waals surface area contributed by atoms with Gasteiger partial charge in [-0.05, 0) is 56.3 Å². The molecule has 0 radical (unpaired) electrons. The molecule has 0 unspecified atom stereocenters. The number of carbonyl (C=O) groups excluding carboxylic acids is 4. The lowest BCUT2D eigenvalue weighted by molar-refractivity contribution is -0.143. The normalized spacial score (nSPS) is 13.3. The molecule has 0 saturated heterocycles. The molecule has 1 rings (SSSR count). The SMILES string of the molecule is NCCCC[C@H](NC(=O)[C@H](Cc1ccc(O)cc1)NC(=O)[C@H](CC(=O)O)NC(=O)CNC(=O)[C@@H](N)CCCN=C(N)N)C(=O)O. The second-order valence-corrected chi connectivity index (χ2v) is 10.1. The third kappa shape index (κ3) is 15.9. The van der Waals surface area contributed by atoms with Gasteiger partial charge in [0.05, 0.1) is 19.0 Å². The summed E-state index contributed by atoms with van der Waals surface area (Å²) in [5, 5.41) is 37.7. The number of nitrogens with zero attached hydrogens (tertiary/aromatic N) is 1. The molecule has 0 aliphatic carbocycles. The highest BCUT2D eigenvalue weighted by atomic mass is 16.4. The van der Waals surface area contributed by atoms with Crippen LogP contribution in [0.25, 0.3) is 0 Å². The molecular weight excluding hydrogens is 594 g/mol. The molecule has 250 valence electrons. The number of carboxylic acid groups (broad SMARTS) is 2. The van der Waals surface area contributed by atoms with E-state index in [0.29, 0.717) is 31.4 Å². The van der Waals surface area contributed by atoms with Crippen molar-refractivity contribution in [1.29, 1.82) is 0 Å². The van der Waals surface area contributed by atoms with Gasteiger partial charge in [0.2, 0.25) is 23.6 Å². The molecule has 4 amide bonds. The third-order valence-corrected chi connectivity index (χ3v) is 6.33. The van der Waals surface area contributed by atoms with E-state index < -0.39 is 72.7 Å². The molecule has 1 aromatic rings. The van der Waals surface area contributed by atoms with Crippen molar-refractivity contribution in [2.75, 3.05) is 19.6 Å². The van der Waals surface area contributed by atoms with Crippen molar-refractivity contribution in [2.45, 2.75) is 69.1 Å². The number of amides is 4. The first-order chi connectivity index (χ1) is 21.2. The van der Waals surface area contributed by atoms with E-state index >= 15 is 0 Å². The molecule has 18 heteroatoms. The Hall–Kier alpha value is -4.97. The molecule has 0 heterocycles. The summed E-state index contributed by atoms with van der Waals surface area (Å²) in [5.41, 5.74) is 22.2. The van der Waals surface area contributed by atoms with Crippen molar-refractivity contribution in [3.05, 3.63) is 29.8 Å². The zero-order valence-electron chi connectivity index (χ0n) is 24.7. The number of hydrogen-bond donors (Lipinski definition) is 11. The molecule has 0 aliphatic rings. The van der Waals surface area contributed by atoms with Gasteiger partial charge in [-0.15, -0.1) is 0 Å². The number of hydrogen-bond acceptors (Lipinski definition) is 10. The van der Waals surface area contributed by atoms with Crippen LogP contribution in [0.15, 0.2) is 29.3 Å². The van der Waals surface area contributed by atoms with Crippen molar-refractivity contribution < 1.29 is 44.1 Å². The minimum Gasteiger partial charge on any atom is -0.508 e. The Bertz CT molecular complexity index is 1190. The lowest BCUT2D eigenvalue weighted by Gasteiger charge is -2.24. The van der Waals surface area contributed by atoms with Crippen LogP contribution in [0.1, 0.15) is 44.1 Å². The Balaban J connectivity index is 2.98. The summed E-state index contributed by atoms with van der Waals surface area (Å²) >= 11 is 0. The fourth-order valence-corrected chi connectivity index (χ4v) is 3.95. The Kier molecular flexibility index (Phi) is 17.0. The summed E-state index contributed by atoms with van der Waals surface area (Å²) < 4.78 is 0. The average molecular weight is 638 g/mol. The summed E-state index contributed by atoms with van der Waals surface area (Å²) in [7, 11) is 0. The number of rotatable bonds is 21. The number of phenols is 1. The number of unbranched alkanes of at least 4 members (excludes halogenated alkanes) is 1. The molecule has 0 aliphatic heterocycles. The van der Waals surface area contributed by atoms with Crippen LogP contribution in [-0.2, 0) is 35.2 Å². The molecule has 15 N–H and O–H groups in total. The van der Waals surface area contributed by atoms with Gasteiger partial charge < -0.3 is 59.5 Å². The largest absolute Gasteiger partial charge is 0.508 e. The lowest BCUT2D eigenvalue weighted by atomic mass is 10.0. The molecule has 45 heavy (non-hydrogen) atoms. The zero-order chi connectivity index (χ0) is 33.9. The van der Waals surface area contributed by atoms with Crippen LogP contribution in [0.5, 0.6) is 5.75 Å². The van der Waals surface area contributed by atoms with E-state index in [2.05, 4.69) is 26.3 Å². The topological polar surface area (TPSA) is 328 Å². The lowest BCUT2D eigenvalue weighted by Crippen LogP contribution is -2.57. The second-order valence-electron chi connectivity index (χ2n) is 10.1. The number of aromatic hydroxyl groups is 1. The van der Waals surface area contributed by atoms with E-state index in [4.69, 9.17) is 22.9 Å². The van der Waals surface area contributed by atoms with Crippen LogP contribution >= 0.6 is 0 Å². The highest BCUT2D eigenvalue weighted by Gasteiger charge is 2.31. The van der Waals surface area contributed by atoms with Gasteiger partial charge in [-0.25, -0.2) is 4.79 Å². The Morgan fingerprint density at radius 2 is 1.42 bits per heavy atom. The number of aliphatic imine (C=N–C) groups is 1. The maximum atomic E-state index is 13.2. The van der Waals surface area contributed by atoms with Gasteiger partial charge in [-0.2, -0.15) is 0 Å². The van der Waals surface area contributed by atoms with E-state index in [1.165, 1.54) is 24.3 Å². The van der Waals surface area contributed by atoms with Crippen LogP contribution in [0.2, 0.25) is 0 Å². The van der Waals surface area contributed by atoms with E-state index in [0.717, 1.165) is 0 Å². The first-order valence-corrected chi connectivity index (χ1v) is 14.1. The van der Waals surface area contributed by atoms with Gasteiger partial charge in [0, 0.05) is 13.0 Å². The standard InChI is InChI=1S/C27H43N9O9/c28-10-2-1-5-18(26(44)45)35-24(42)19(12-15-6-8-16(37)9-7-15)36-25(43)20(13-22(39)40)34-21(38)14-33-23(41)17(29)4-3-11-32-27(30)31/h6-9,17-20,37H,1-5,10-14,28-29H2,(H,33,41)(H,34,38)(H,35,42)(H,36,43)(H,39,40)(H,44,45)(H4,30,31,32)/t17-,18-,19-,20-/m0/s1. The van der Waals surface area contributed by atoms with Crippen molar-refractivity contribution in [3.63, 3.8) is 0 Å². The highest BCUT2D eigenvalue weighted by molar-refractivity contribution is 5.96. The Labute approximate surface area is 259 Å². The third-order valence-electron chi connectivity index (χ3n) is 6.33. The van der Waals surface area contributed by atoms with Crippen molar-refractivity contribution in [3.8, 4) is 5.75 Å². The van der Waals surface area contributed by atoms with Crippen LogP contribution in [0.4, 0.5) is 0 Å². The van der Waals surface area contributed by atoms with E-state index in [1.54, 1.807) is 0 Å². The monoisotopic (exact) mass is 637 g/mol. The van der Waals surface area contributed by atoms with Crippen LogP contribution in [0.3, 0.4) is 0 Å². The number of carbonyl (C=O) groups is 6. The number of carboxylic acids is 2. The Morgan fingerprint density at radius 1 is 0.800 bits per heavy atom. The minimum absolute atomic E-state index is 0.0575.